The zero-order valence-corrected chi connectivity index (χ0v) is 11.9. The van der Waals surface area contributed by atoms with Gasteiger partial charge in [-0.3, -0.25) is 4.90 Å². The summed E-state index contributed by atoms with van der Waals surface area (Å²) in [5, 5.41) is 10.6. The molecule has 0 bridgehead atoms. The number of nitrogens with zero attached hydrogens (tertiary/aromatic N) is 1. The van der Waals surface area contributed by atoms with E-state index in [9.17, 15) is 9.50 Å². The van der Waals surface area contributed by atoms with Gasteiger partial charge < -0.3 is 5.11 Å². The van der Waals surface area contributed by atoms with E-state index in [2.05, 4.69) is 18.7 Å². The molecule has 19 heavy (non-hydrogen) atoms. The van der Waals surface area contributed by atoms with E-state index in [1.807, 2.05) is 0 Å². The minimum absolute atomic E-state index is 0.176. The Morgan fingerprint density at radius 2 is 1.84 bits per heavy atom. The smallest absolute Gasteiger partial charge is 0.123 e. The first-order chi connectivity index (χ1) is 9.06. The molecule has 106 valence electrons. The normalized spacial score (nSPS) is 21.3. The number of hydrogen-bond acceptors (Lipinski definition) is 2. The van der Waals surface area contributed by atoms with E-state index in [0.717, 1.165) is 25.1 Å². The predicted molar refractivity (Wildman–Crippen MR) is 75.6 cm³/mol. The molecule has 2 atom stereocenters. The van der Waals surface area contributed by atoms with Gasteiger partial charge in [0.1, 0.15) is 5.82 Å². The summed E-state index contributed by atoms with van der Waals surface area (Å²) < 4.78 is 12.9. The Morgan fingerprint density at radius 1 is 1.26 bits per heavy atom. The number of likely N-dealkylation sites (tertiary alicyclic amines) is 1. The summed E-state index contributed by atoms with van der Waals surface area (Å²) >= 11 is 0. The van der Waals surface area contributed by atoms with E-state index in [1.54, 1.807) is 12.1 Å². The summed E-state index contributed by atoms with van der Waals surface area (Å²) in [5.74, 6) is -0.226. The lowest BCUT2D eigenvalue weighted by atomic mass is 9.86. The fourth-order valence-electron chi connectivity index (χ4n) is 2.96. The van der Waals surface area contributed by atoms with Crippen molar-refractivity contribution in [2.24, 2.45) is 0 Å². The van der Waals surface area contributed by atoms with E-state index in [-0.39, 0.29) is 11.4 Å². The minimum Gasteiger partial charge on any atom is -0.391 e. The van der Waals surface area contributed by atoms with Crippen LogP contribution in [0.3, 0.4) is 0 Å². The Labute approximate surface area is 115 Å². The second kappa shape index (κ2) is 6.02. The Bertz CT molecular complexity index is 400. The summed E-state index contributed by atoms with van der Waals surface area (Å²) in [6.45, 7) is 6.42. The molecular weight excluding hydrogens is 241 g/mol. The predicted octanol–water partition coefficient (Wildman–Crippen LogP) is 2.99. The lowest BCUT2D eigenvalue weighted by Gasteiger charge is -2.42. The quantitative estimate of drug-likeness (QED) is 0.884. The van der Waals surface area contributed by atoms with Crippen LogP contribution in [0.25, 0.3) is 0 Å². The van der Waals surface area contributed by atoms with Crippen LogP contribution in [0.2, 0.25) is 0 Å². The molecule has 1 aliphatic rings. The lowest BCUT2D eigenvalue weighted by Crippen LogP contribution is -2.53. The van der Waals surface area contributed by atoms with Gasteiger partial charge in [0.15, 0.2) is 0 Å². The van der Waals surface area contributed by atoms with E-state index in [0.29, 0.717) is 6.42 Å². The Morgan fingerprint density at radius 3 is 2.37 bits per heavy atom. The molecule has 1 aliphatic heterocycles. The molecule has 1 fully saturated rings. The molecule has 0 amide bonds. The molecule has 2 unspecified atom stereocenters. The number of rotatable bonds is 5. The first kappa shape index (κ1) is 14.5. The molecule has 0 aromatic heterocycles. The molecule has 1 aromatic carbocycles. The third kappa shape index (κ3) is 3.15. The molecule has 0 saturated carbocycles. The van der Waals surface area contributed by atoms with Gasteiger partial charge in [-0.15, -0.1) is 0 Å². The topological polar surface area (TPSA) is 23.5 Å². The van der Waals surface area contributed by atoms with Crippen LogP contribution < -0.4 is 0 Å². The van der Waals surface area contributed by atoms with Crippen molar-refractivity contribution >= 4 is 0 Å². The van der Waals surface area contributed by atoms with Gasteiger partial charge in [-0.2, -0.15) is 0 Å². The average Bonchev–Trinajstić information content (AvgIpc) is 2.95. The zero-order valence-electron chi connectivity index (χ0n) is 11.9. The maximum Gasteiger partial charge on any atom is 0.123 e. The van der Waals surface area contributed by atoms with Gasteiger partial charge in [-0.25, -0.2) is 4.39 Å². The molecule has 1 saturated heterocycles. The van der Waals surface area contributed by atoms with Gasteiger partial charge in [0.25, 0.3) is 0 Å². The van der Waals surface area contributed by atoms with Crippen LogP contribution >= 0.6 is 0 Å². The van der Waals surface area contributed by atoms with Crippen LogP contribution in [0, 0.1) is 5.82 Å². The van der Waals surface area contributed by atoms with E-state index >= 15 is 0 Å². The highest BCUT2D eigenvalue weighted by atomic mass is 19.1. The molecular formula is C16H24FNO. The number of benzene rings is 1. The second-order valence-corrected chi connectivity index (χ2v) is 5.75. The monoisotopic (exact) mass is 265 g/mol. The molecule has 2 rings (SSSR count). The Hall–Kier alpha value is -0.930. The number of aliphatic hydroxyl groups excluding tert-OH is 1. The summed E-state index contributed by atoms with van der Waals surface area (Å²) in [5.41, 5.74) is 0.818. The largest absolute Gasteiger partial charge is 0.391 e. The number of aliphatic hydroxyl groups is 1. The summed E-state index contributed by atoms with van der Waals surface area (Å²) in [6, 6.07) is 6.44. The van der Waals surface area contributed by atoms with Gasteiger partial charge in [-0.05, 0) is 57.0 Å². The molecule has 1 N–H and O–H groups in total. The van der Waals surface area contributed by atoms with Gasteiger partial charge in [-0.1, -0.05) is 19.1 Å². The van der Waals surface area contributed by atoms with Crippen molar-refractivity contribution in [1.82, 2.24) is 4.90 Å². The Balaban J connectivity index is 2.07. The minimum atomic E-state index is -0.416. The molecule has 1 aromatic rings. The molecule has 0 aliphatic carbocycles. The zero-order chi connectivity index (χ0) is 13.9. The van der Waals surface area contributed by atoms with Crippen molar-refractivity contribution in [2.75, 3.05) is 13.1 Å². The number of halogens is 1. The maximum atomic E-state index is 12.9. The van der Waals surface area contributed by atoms with Gasteiger partial charge in [0.2, 0.25) is 0 Å². The van der Waals surface area contributed by atoms with Crippen LogP contribution in [-0.4, -0.2) is 34.7 Å². The highest BCUT2D eigenvalue weighted by Gasteiger charge is 2.38. The van der Waals surface area contributed by atoms with Crippen molar-refractivity contribution < 1.29 is 9.50 Å². The molecule has 0 spiro atoms. The summed E-state index contributed by atoms with van der Waals surface area (Å²) in [4.78, 5) is 2.40. The average molecular weight is 265 g/mol. The standard InChI is InChI=1S/C16H24FNO/c1-3-16(2,18-10-4-5-11-18)15(19)12-13-6-8-14(17)9-7-13/h6-9,15,19H,3-5,10-12H2,1-2H3. The van der Waals surface area contributed by atoms with Crippen molar-refractivity contribution in [2.45, 2.75) is 51.2 Å². The van der Waals surface area contributed by atoms with Crippen LogP contribution in [0.1, 0.15) is 38.7 Å². The summed E-state index contributed by atoms with van der Waals surface area (Å²) in [7, 11) is 0. The number of hydrogen-bond donors (Lipinski definition) is 1. The van der Waals surface area contributed by atoms with Crippen molar-refractivity contribution in [3.05, 3.63) is 35.6 Å². The van der Waals surface area contributed by atoms with Crippen molar-refractivity contribution in [3.63, 3.8) is 0 Å². The fourth-order valence-corrected chi connectivity index (χ4v) is 2.96. The molecule has 2 nitrogen and oxygen atoms in total. The first-order valence-corrected chi connectivity index (χ1v) is 7.24. The van der Waals surface area contributed by atoms with Gasteiger partial charge in [0, 0.05) is 12.0 Å². The molecule has 1 heterocycles. The highest BCUT2D eigenvalue weighted by Crippen LogP contribution is 2.29. The third-order valence-electron chi connectivity index (χ3n) is 4.60. The Kier molecular flexibility index (Phi) is 4.58. The molecule has 3 heteroatoms. The van der Waals surface area contributed by atoms with E-state index in [1.165, 1.54) is 25.0 Å². The lowest BCUT2D eigenvalue weighted by molar-refractivity contribution is -0.0117. The van der Waals surface area contributed by atoms with Crippen LogP contribution in [0.15, 0.2) is 24.3 Å². The van der Waals surface area contributed by atoms with Crippen LogP contribution in [-0.2, 0) is 6.42 Å². The SMILES string of the molecule is CCC(C)(C(O)Cc1ccc(F)cc1)N1CCCC1. The van der Waals surface area contributed by atoms with E-state index in [4.69, 9.17) is 0 Å². The highest BCUT2D eigenvalue weighted by molar-refractivity contribution is 5.18. The van der Waals surface area contributed by atoms with E-state index < -0.39 is 6.10 Å². The van der Waals surface area contributed by atoms with Crippen molar-refractivity contribution in [1.29, 1.82) is 0 Å². The van der Waals surface area contributed by atoms with Crippen LogP contribution in [0.4, 0.5) is 4.39 Å². The van der Waals surface area contributed by atoms with Crippen molar-refractivity contribution in [3.8, 4) is 0 Å². The molecule has 0 radical (unpaired) electrons. The van der Waals surface area contributed by atoms with Gasteiger partial charge >= 0.3 is 0 Å². The second-order valence-electron chi connectivity index (χ2n) is 5.75. The summed E-state index contributed by atoms with van der Waals surface area (Å²) in [6.07, 6.45) is 3.54. The maximum absolute atomic E-state index is 12.9. The fraction of sp³-hybridized carbons (Fsp3) is 0.625. The third-order valence-corrected chi connectivity index (χ3v) is 4.60. The van der Waals surface area contributed by atoms with Crippen LogP contribution in [0.5, 0.6) is 0 Å². The van der Waals surface area contributed by atoms with Gasteiger partial charge in [0.05, 0.1) is 6.10 Å². The first-order valence-electron chi connectivity index (χ1n) is 7.24.